The number of aryl methyl sites for hydroxylation is 2. The van der Waals surface area contributed by atoms with Gasteiger partial charge in [-0.05, 0) is 37.1 Å². The first-order valence-corrected chi connectivity index (χ1v) is 6.46. The molecular formula is C15H15N3O2. The van der Waals surface area contributed by atoms with E-state index < -0.39 is 5.97 Å². The third kappa shape index (κ3) is 2.41. The molecule has 0 bridgehead atoms. The van der Waals surface area contributed by atoms with E-state index in [4.69, 9.17) is 5.11 Å². The molecule has 1 N–H and O–H groups in total. The van der Waals surface area contributed by atoms with Crippen LogP contribution in [0.4, 0.5) is 0 Å². The van der Waals surface area contributed by atoms with Gasteiger partial charge in [0.2, 0.25) is 0 Å². The van der Waals surface area contributed by atoms with Gasteiger partial charge in [0.05, 0.1) is 22.5 Å². The zero-order valence-electron chi connectivity index (χ0n) is 11.4. The van der Waals surface area contributed by atoms with Crippen LogP contribution in [0.2, 0.25) is 0 Å². The molecule has 0 amide bonds. The van der Waals surface area contributed by atoms with Crippen LogP contribution in [0.3, 0.4) is 0 Å². The highest BCUT2D eigenvalue weighted by molar-refractivity contribution is 5.88. The Labute approximate surface area is 117 Å². The fourth-order valence-corrected chi connectivity index (χ4v) is 2.05. The van der Waals surface area contributed by atoms with E-state index in [1.165, 1.54) is 12.1 Å². The van der Waals surface area contributed by atoms with Gasteiger partial charge in [0, 0.05) is 5.69 Å². The second-order valence-corrected chi connectivity index (χ2v) is 4.39. The molecule has 102 valence electrons. The molecule has 0 radical (unpaired) electrons. The molecule has 2 rings (SSSR count). The summed E-state index contributed by atoms with van der Waals surface area (Å²) >= 11 is 0. The van der Waals surface area contributed by atoms with Gasteiger partial charge in [-0.15, -0.1) is 0 Å². The zero-order chi connectivity index (χ0) is 14.7. The van der Waals surface area contributed by atoms with E-state index in [0.717, 1.165) is 24.2 Å². The van der Waals surface area contributed by atoms with Gasteiger partial charge in [0.25, 0.3) is 0 Å². The van der Waals surface area contributed by atoms with Crippen molar-refractivity contribution < 1.29 is 9.90 Å². The Morgan fingerprint density at radius 3 is 2.65 bits per heavy atom. The summed E-state index contributed by atoms with van der Waals surface area (Å²) < 4.78 is 1.73. The number of aromatic nitrogens is 2. The molecule has 0 aliphatic rings. The number of aromatic carboxylic acids is 1. The first-order chi connectivity index (χ1) is 9.60. The van der Waals surface area contributed by atoms with Gasteiger partial charge in [-0.3, -0.25) is 0 Å². The van der Waals surface area contributed by atoms with Gasteiger partial charge in [0.1, 0.15) is 6.07 Å². The molecular weight excluding hydrogens is 254 g/mol. The molecule has 0 aliphatic heterocycles. The molecule has 0 saturated heterocycles. The molecule has 5 nitrogen and oxygen atoms in total. The van der Waals surface area contributed by atoms with Crippen molar-refractivity contribution in [2.45, 2.75) is 26.7 Å². The van der Waals surface area contributed by atoms with Crippen molar-refractivity contribution in [2.75, 3.05) is 0 Å². The maximum Gasteiger partial charge on any atom is 0.335 e. The minimum Gasteiger partial charge on any atom is -0.478 e. The van der Waals surface area contributed by atoms with Gasteiger partial charge in [0.15, 0.2) is 0 Å². The van der Waals surface area contributed by atoms with Crippen molar-refractivity contribution in [1.29, 1.82) is 5.26 Å². The Morgan fingerprint density at radius 1 is 1.35 bits per heavy atom. The van der Waals surface area contributed by atoms with Crippen LogP contribution < -0.4 is 0 Å². The van der Waals surface area contributed by atoms with Crippen molar-refractivity contribution in [3.05, 3.63) is 46.8 Å². The summed E-state index contributed by atoms with van der Waals surface area (Å²) in [5.41, 5.74) is 2.99. The maximum absolute atomic E-state index is 11.0. The van der Waals surface area contributed by atoms with Gasteiger partial charge in [-0.25, -0.2) is 9.48 Å². The molecule has 1 aromatic carbocycles. The van der Waals surface area contributed by atoms with E-state index in [-0.39, 0.29) is 5.56 Å². The van der Waals surface area contributed by atoms with Crippen LogP contribution in [-0.4, -0.2) is 20.9 Å². The van der Waals surface area contributed by atoms with Crippen molar-refractivity contribution in [3.8, 4) is 11.8 Å². The van der Waals surface area contributed by atoms with Crippen LogP contribution in [0.15, 0.2) is 24.3 Å². The van der Waals surface area contributed by atoms with Crippen molar-refractivity contribution in [2.24, 2.45) is 0 Å². The molecule has 1 aromatic heterocycles. The highest BCUT2D eigenvalue weighted by atomic mass is 16.4. The van der Waals surface area contributed by atoms with Crippen molar-refractivity contribution in [1.82, 2.24) is 9.78 Å². The zero-order valence-corrected chi connectivity index (χ0v) is 11.4. The minimum absolute atomic E-state index is 0.103. The summed E-state index contributed by atoms with van der Waals surface area (Å²) in [4.78, 5) is 11.0. The number of nitriles is 1. The fourth-order valence-electron chi connectivity index (χ4n) is 2.05. The molecule has 0 saturated carbocycles. The predicted octanol–water partition coefficient (Wildman–Crippen LogP) is 2.57. The van der Waals surface area contributed by atoms with Crippen LogP contribution in [0.1, 0.15) is 41.2 Å². The minimum atomic E-state index is -1.04. The summed E-state index contributed by atoms with van der Waals surface area (Å²) in [5, 5.41) is 22.7. The number of carboxylic acids is 1. The number of carboxylic acid groups (broad SMARTS) is 1. The number of hydrogen-bond acceptors (Lipinski definition) is 3. The van der Waals surface area contributed by atoms with Crippen LogP contribution in [0.5, 0.6) is 0 Å². The lowest BCUT2D eigenvalue weighted by Crippen LogP contribution is -2.06. The number of carbonyl (C=O) groups is 1. The van der Waals surface area contributed by atoms with E-state index in [9.17, 15) is 10.1 Å². The molecule has 1 heterocycles. The normalized spacial score (nSPS) is 10.2. The Kier molecular flexibility index (Phi) is 3.85. The molecule has 0 spiro atoms. The second kappa shape index (κ2) is 5.57. The summed E-state index contributed by atoms with van der Waals surface area (Å²) in [5.74, 6) is -1.04. The molecule has 5 heteroatoms. The topological polar surface area (TPSA) is 78.9 Å². The molecule has 0 unspecified atom stereocenters. The number of nitrogens with zero attached hydrogens (tertiary/aromatic N) is 3. The Bertz CT molecular complexity index is 696. The quantitative estimate of drug-likeness (QED) is 0.925. The Balaban J connectivity index is 2.61. The van der Waals surface area contributed by atoms with Gasteiger partial charge >= 0.3 is 5.97 Å². The first-order valence-electron chi connectivity index (χ1n) is 6.46. The van der Waals surface area contributed by atoms with Crippen LogP contribution >= 0.6 is 0 Å². The third-order valence-electron chi connectivity index (χ3n) is 3.15. The number of hydrogen-bond donors (Lipinski definition) is 1. The molecule has 2 aromatic rings. The largest absolute Gasteiger partial charge is 0.478 e. The highest BCUT2D eigenvalue weighted by Gasteiger charge is 2.13. The number of benzene rings is 1. The van der Waals surface area contributed by atoms with Crippen LogP contribution in [-0.2, 0) is 12.8 Å². The molecule has 20 heavy (non-hydrogen) atoms. The molecule has 0 aliphatic carbocycles. The van der Waals surface area contributed by atoms with Crippen LogP contribution in [0, 0.1) is 11.3 Å². The third-order valence-corrected chi connectivity index (χ3v) is 3.15. The average Bonchev–Trinajstić information content (AvgIpc) is 2.89. The SMILES string of the molecule is CCc1cc(CC)n(-c2ccc(C(=O)O)cc2C#N)n1. The van der Waals surface area contributed by atoms with E-state index in [0.29, 0.717) is 11.3 Å². The predicted molar refractivity (Wildman–Crippen MR) is 74.0 cm³/mol. The van der Waals surface area contributed by atoms with Gasteiger partial charge in [-0.1, -0.05) is 13.8 Å². The van der Waals surface area contributed by atoms with E-state index in [1.807, 2.05) is 26.0 Å². The summed E-state index contributed by atoms with van der Waals surface area (Å²) in [6.45, 7) is 4.04. The fraction of sp³-hybridized carbons (Fsp3) is 0.267. The monoisotopic (exact) mass is 269 g/mol. The summed E-state index contributed by atoms with van der Waals surface area (Å²) in [6.07, 6.45) is 1.60. The Hall–Kier alpha value is -2.61. The van der Waals surface area contributed by atoms with Crippen LogP contribution in [0.25, 0.3) is 5.69 Å². The first kappa shape index (κ1) is 13.8. The van der Waals surface area contributed by atoms with E-state index >= 15 is 0 Å². The standard InChI is InChI=1S/C15H15N3O2/c1-3-12-8-13(4-2)18(17-12)14-6-5-10(15(19)20)7-11(14)9-16/h5-8H,3-4H2,1-2H3,(H,19,20). The Morgan fingerprint density at radius 2 is 2.10 bits per heavy atom. The summed E-state index contributed by atoms with van der Waals surface area (Å²) in [7, 11) is 0. The lowest BCUT2D eigenvalue weighted by atomic mass is 10.1. The maximum atomic E-state index is 11.0. The smallest absolute Gasteiger partial charge is 0.335 e. The van der Waals surface area contributed by atoms with E-state index in [1.54, 1.807) is 10.7 Å². The van der Waals surface area contributed by atoms with Crippen molar-refractivity contribution >= 4 is 5.97 Å². The lowest BCUT2D eigenvalue weighted by molar-refractivity contribution is 0.0697. The van der Waals surface area contributed by atoms with Gasteiger partial charge < -0.3 is 5.11 Å². The average molecular weight is 269 g/mol. The van der Waals surface area contributed by atoms with E-state index in [2.05, 4.69) is 5.10 Å². The van der Waals surface area contributed by atoms with Gasteiger partial charge in [-0.2, -0.15) is 10.4 Å². The number of rotatable bonds is 4. The molecule has 0 fully saturated rings. The van der Waals surface area contributed by atoms with Crippen molar-refractivity contribution in [3.63, 3.8) is 0 Å². The second-order valence-electron chi connectivity index (χ2n) is 4.39. The highest BCUT2D eigenvalue weighted by Crippen LogP contribution is 2.19. The lowest BCUT2D eigenvalue weighted by Gasteiger charge is -2.08. The summed E-state index contributed by atoms with van der Waals surface area (Å²) in [6, 6.07) is 8.55. The molecule has 0 atom stereocenters.